The molecule has 1 saturated heterocycles. The fourth-order valence-electron chi connectivity index (χ4n) is 2.79. The van der Waals surface area contributed by atoms with Gasteiger partial charge in [0.05, 0.1) is 18.4 Å². The van der Waals surface area contributed by atoms with Crippen LogP contribution in [0.3, 0.4) is 0 Å². The Hall–Kier alpha value is -2.71. The highest BCUT2D eigenvalue weighted by molar-refractivity contribution is 8.15. The van der Waals surface area contributed by atoms with Crippen LogP contribution in [0.5, 0.6) is 0 Å². The van der Waals surface area contributed by atoms with E-state index in [0.29, 0.717) is 28.5 Å². The fraction of sp³-hybridized carbons (Fsp3) is 0.250. The van der Waals surface area contributed by atoms with Gasteiger partial charge >= 0.3 is 5.97 Å². The number of hydrogen-bond acceptors (Lipinski definition) is 6. The lowest BCUT2D eigenvalue weighted by molar-refractivity contribution is -0.127. The SMILES string of the molecule is CCN1C(=O)[C@@H]([C@@H](O)c2ccc(F)cc2)SC1=Nc1ccc(C(=O)OC)cc1. The van der Waals surface area contributed by atoms with E-state index in [1.807, 2.05) is 6.92 Å². The zero-order chi connectivity index (χ0) is 20.3. The van der Waals surface area contributed by atoms with E-state index in [1.54, 1.807) is 24.3 Å². The summed E-state index contributed by atoms with van der Waals surface area (Å²) in [7, 11) is 1.31. The van der Waals surface area contributed by atoms with Gasteiger partial charge in [0.2, 0.25) is 5.91 Å². The van der Waals surface area contributed by atoms with Crippen LogP contribution in [0, 0.1) is 5.82 Å². The normalized spacial score (nSPS) is 19.1. The molecule has 0 aromatic heterocycles. The number of nitrogens with zero attached hydrogens (tertiary/aromatic N) is 2. The van der Waals surface area contributed by atoms with E-state index in [-0.39, 0.29) is 5.91 Å². The first-order chi connectivity index (χ1) is 13.4. The first-order valence-electron chi connectivity index (χ1n) is 8.63. The van der Waals surface area contributed by atoms with E-state index in [9.17, 15) is 19.1 Å². The summed E-state index contributed by atoms with van der Waals surface area (Å²) >= 11 is 1.16. The molecule has 1 fully saturated rings. The molecular weight excluding hydrogens is 383 g/mol. The van der Waals surface area contributed by atoms with Gasteiger partial charge in [-0.1, -0.05) is 23.9 Å². The maximum atomic E-state index is 13.1. The summed E-state index contributed by atoms with van der Waals surface area (Å²) < 4.78 is 17.8. The molecule has 0 radical (unpaired) electrons. The highest BCUT2D eigenvalue weighted by Crippen LogP contribution is 2.37. The molecule has 0 bridgehead atoms. The topological polar surface area (TPSA) is 79.2 Å². The minimum absolute atomic E-state index is 0.255. The Labute approximate surface area is 166 Å². The van der Waals surface area contributed by atoms with Crippen molar-refractivity contribution < 1.29 is 23.8 Å². The summed E-state index contributed by atoms with van der Waals surface area (Å²) in [5, 5.41) is 10.3. The molecule has 0 unspecified atom stereocenters. The van der Waals surface area contributed by atoms with Gasteiger partial charge in [-0.3, -0.25) is 9.69 Å². The van der Waals surface area contributed by atoms with E-state index in [1.165, 1.54) is 36.3 Å². The number of carbonyl (C=O) groups is 2. The van der Waals surface area contributed by atoms with Crippen molar-refractivity contribution in [3.8, 4) is 0 Å². The first-order valence-corrected chi connectivity index (χ1v) is 9.51. The molecule has 2 aromatic rings. The van der Waals surface area contributed by atoms with Crippen LogP contribution in [0.15, 0.2) is 53.5 Å². The van der Waals surface area contributed by atoms with Crippen LogP contribution < -0.4 is 0 Å². The van der Waals surface area contributed by atoms with E-state index < -0.39 is 23.1 Å². The minimum Gasteiger partial charge on any atom is -0.465 e. The summed E-state index contributed by atoms with van der Waals surface area (Å²) in [6.45, 7) is 2.22. The number of esters is 1. The van der Waals surface area contributed by atoms with Gasteiger partial charge in [0, 0.05) is 6.54 Å². The molecule has 0 saturated carbocycles. The molecule has 2 atom stereocenters. The van der Waals surface area contributed by atoms with Crippen LogP contribution in [-0.4, -0.2) is 46.0 Å². The Morgan fingerprint density at radius 3 is 2.46 bits per heavy atom. The molecule has 1 aliphatic rings. The number of carbonyl (C=O) groups excluding carboxylic acids is 2. The molecule has 3 rings (SSSR count). The third-order valence-corrected chi connectivity index (χ3v) is 5.54. The number of aliphatic hydroxyl groups excluding tert-OH is 1. The van der Waals surface area contributed by atoms with Gasteiger partial charge in [-0.15, -0.1) is 0 Å². The van der Waals surface area contributed by atoms with Gasteiger partial charge in [-0.25, -0.2) is 14.2 Å². The van der Waals surface area contributed by atoms with Crippen molar-refractivity contribution in [2.24, 2.45) is 4.99 Å². The van der Waals surface area contributed by atoms with Gasteiger partial charge < -0.3 is 9.84 Å². The predicted octanol–water partition coefficient (Wildman–Crippen LogP) is 3.30. The average Bonchev–Trinajstić information content (AvgIpc) is 3.03. The van der Waals surface area contributed by atoms with Crippen molar-refractivity contribution >= 4 is 34.5 Å². The van der Waals surface area contributed by atoms with Crippen LogP contribution in [0.4, 0.5) is 10.1 Å². The smallest absolute Gasteiger partial charge is 0.337 e. The number of hydrogen-bond donors (Lipinski definition) is 1. The lowest BCUT2D eigenvalue weighted by Crippen LogP contribution is -2.34. The summed E-state index contributed by atoms with van der Waals surface area (Å²) in [4.78, 5) is 30.2. The van der Waals surface area contributed by atoms with Crippen molar-refractivity contribution in [1.29, 1.82) is 0 Å². The monoisotopic (exact) mass is 402 g/mol. The zero-order valence-corrected chi connectivity index (χ0v) is 16.1. The Morgan fingerprint density at radius 1 is 1.25 bits per heavy atom. The van der Waals surface area contributed by atoms with Crippen molar-refractivity contribution in [1.82, 2.24) is 4.90 Å². The van der Waals surface area contributed by atoms with Crippen LogP contribution in [0.2, 0.25) is 0 Å². The van der Waals surface area contributed by atoms with E-state index in [2.05, 4.69) is 9.73 Å². The summed E-state index contributed by atoms with van der Waals surface area (Å²) in [5.41, 5.74) is 1.43. The average molecular weight is 402 g/mol. The summed E-state index contributed by atoms with van der Waals surface area (Å²) in [5.74, 6) is -1.11. The van der Waals surface area contributed by atoms with Crippen molar-refractivity contribution in [2.45, 2.75) is 18.3 Å². The lowest BCUT2D eigenvalue weighted by Gasteiger charge is -2.16. The van der Waals surface area contributed by atoms with Gasteiger partial charge in [-0.2, -0.15) is 0 Å². The number of halogens is 1. The number of amidine groups is 1. The number of benzene rings is 2. The Bertz CT molecular complexity index is 899. The van der Waals surface area contributed by atoms with Crippen LogP contribution >= 0.6 is 11.8 Å². The molecule has 0 spiro atoms. The van der Waals surface area contributed by atoms with E-state index >= 15 is 0 Å². The summed E-state index contributed by atoms with van der Waals surface area (Å²) in [6, 6.07) is 11.9. The molecule has 1 aliphatic heterocycles. The van der Waals surface area contributed by atoms with Gasteiger partial charge in [0.1, 0.15) is 17.2 Å². The van der Waals surface area contributed by atoms with Crippen LogP contribution in [0.25, 0.3) is 0 Å². The zero-order valence-electron chi connectivity index (χ0n) is 15.3. The standard InChI is InChI=1S/C20H19FN2O4S/c1-3-23-18(25)17(16(24)12-4-8-14(21)9-5-12)28-20(23)22-15-10-6-13(7-11-15)19(26)27-2/h4-11,16-17,24H,3H2,1-2H3/t16-,17+/m0/s1. The van der Waals surface area contributed by atoms with Gasteiger partial charge in [0.25, 0.3) is 0 Å². The second-order valence-electron chi connectivity index (χ2n) is 6.05. The number of amides is 1. The highest BCUT2D eigenvalue weighted by atomic mass is 32.2. The molecular formula is C20H19FN2O4S. The summed E-state index contributed by atoms with van der Waals surface area (Å²) in [6.07, 6.45) is -1.08. The van der Waals surface area contributed by atoms with Crippen molar-refractivity contribution in [3.05, 3.63) is 65.5 Å². The molecule has 6 nitrogen and oxygen atoms in total. The lowest BCUT2D eigenvalue weighted by atomic mass is 10.1. The predicted molar refractivity (Wildman–Crippen MR) is 105 cm³/mol. The van der Waals surface area contributed by atoms with Crippen molar-refractivity contribution in [2.75, 3.05) is 13.7 Å². The maximum absolute atomic E-state index is 13.1. The molecule has 146 valence electrons. The molecule has 2 aromatic carbocycles. The second kappa shape index (κ2) is 8.53. The minimum atomic E-state index is -1.08. The number of rotatable bonds is 5. The number of thioether (sulfide) groups is 1. The Kier molecular flexibility index (Phi) is 6.11. The number of methoxy groups -OCH3 is 1. The third-order valence-electron chi connectivity index (χ3n) is 4.30. The maximum Gasteiger partial charge on any atom is 0.337 e. The largest absolute Gasteiger partial charge is 0.465 e. The molecule has 1 N–H and O–H groups in total. The molecule has 1 amide bonds. The van der Waals surface area contributed by atoms with Gasteiger partial charge in [0.15, 0.2) is 5.17 Å². The number of aliphatic imine (C=N–C) groups is 1. The van der Waals surface area contributed by atoms with Crippen LogP contribution in [0.1, 0.15) is 28.9 Å². The van der Waals surface area contributed by atoms with E-state index in [4.69, 9.17) is 0 Å². The van der Waals surface area contributed by atoms with Crippen LogP contribution in [-0.2, 0) is 9.53 Å². The molecule has 8 heteroatoms. The Morgan fingerprint density at radius 2 is 1.89 bits per heavy atom. The molecule has 0 aliphatic carbocycles. The molecule has 1 heterocycles. The third kappa shape index (κ3) is 4.07. The van der Waals surface area contributed by atoms with Gasteiger partial charge in [-0.05, 0) is 48.9 Å². The Balaban J connectivity index is 1.83. The van der Waals surface area contributed by atoms with E-state index in [0.717, 1.165) is 11.8 Å². The number of ether oxygens (including phenoxy) is 1. The second-order valence-corrected chi connectivity index (χ2v) is 7.16. The quantitative estimate of drug-likeness (QED) is 0.777. The first kappa shape index (κ1) is 20.0. The number of aliphatic hydroxyl groups is 1. The van der Waals surface area contributed by atoms with Crippen molar-refractivity contribution in [3.63, 3.8) is 0 Å². The highest BCUT2D eigenvalue weighted by Gasteiger charge is 2.42. The fourth-order valence-corrected chi connectivity index (χ4v) is 4.03. The molecule has 28 heavy (non-hydrogen) atoms.